The van der Waals surface area contributed by atoms with Crippen LogP contribution in [0, 0.1) is 12.8 Å². The number of hydrogen-bond donors (Lipinski definition) is 2. The summed E-state index contributed by atoms with van der Waals surface area (Å²) in [6, 6.07) is 9.49. The zero-order valence-electron chi connectivity index (χ0n) is 10.8. The van der Waals surface area contributed by atoms with Gasteiger partial charge in [0.2, 0.25) is 5.91 Å². The Morgan fingerprint density at radius 1 is 1.28 bits per heavy atom. The van der Waals surface area contributed by atoms with Crippen LogP contribution in [0.5, 0.6) is 0 Å². The Kier molecular flexibility index (Phi) is 3.08. The van der Waals surface area contributed by atoms with Crippen LogP contribution in [-0.4, -0.2) is 18.5 Å². The second-order valence-electron chi connectivity index (χ2n) is 5.60. The summed E-state index contributed by atoms with van der Waals surface area (Å²) in [6.45, 7) is 2.89. The molecule has 0 aromatic heterocycles. The van der Waals surface area contributed by atoms with Gasteiger partial charge >= 0.3 is 0 Å². The Morgan fingerprint density at radius 3 is 2.56 bits per heavy atom. The van der Waals surface area contributed by atoms with Crippen LogP contribution < -0.4 is 10.6 Å². The summed E-state index contributed by atoms with van der Waals surface area (Å²) >= 11 is 0. The number of carbonyl (C=O) groups excluding carboxylic acids is 1. The summed E-state index contributed by atoms with van der Waals surface area (Å²) < 4.78 is 0. The molecule has 0 bridgehead atoms. The maximum absolute atomic E-state index is 11.3. The maximum Gasteiger partial charge on any atom is 0.221 e. The lowest BCUT2D eigenvalue weighted by molar-refractivity contribution is -0.119. The Bertz CT molecular complexity index is 436. The molecule has 3 rings (SSSR count). The first-order valence-corrected chi connectivity index (χ1v) is 6.81. The molecule has 3 heteroatoms. The van der Waals surface area contributed by atoms with Crippen LogP contribution in [0.1, 0.15) is 36.4 Å². The number of amides is 1. The van der Waals surface area contributed by atoms with Crippen LogP contribution in [0.2, 0.25) is 0 Å². The SMILES string of the molecule is Cc1ccc(C(NC2CNC(=O)C2)C2CC2)cc1. The van der Waals surface area contributed by atoms with Gasteiger partial charge < -0.3 is 10.6 Å². The van der Waals surface area contributed by atoms with Crippen molar-refractivity contribution in [2.75, 3.05) is 6.54 Å². The Labute approximate surface area is 108 Å². The van der Waals surface area contributed by atoms with E-state index >= 15 is 0 Å². The third-order valence-electron chi connectivity index (χ3n) is 3.92. The van der Waals surface area contributed by atoms with Gasteiger partial charge in [0.25, 0.3) is 0 Å². The minimum Gasteiger partial charge on any atom is -0.354 e. The maximum atomic E-state index is 11.3. The van der Waals surface area contributed by atoms with Crippen LogP contribution in [0.25, 0.3) is 0 Å². The zero-order chi connectivity index (χ0) is 12.5. The number of carbonyl (C=O) groups is 1. The van der Waals surface area contributed by atoms with Crippen molar-refractivity contribution < 1.29 is 4.79 Å². The number of benzene rings is 1. The highest BCUT2D eigenvalue weighted by Crippen LogP contribution is 2.41. The van der Waals surface area contributed by atoms with Gasteiger partial charge in [-0.3, -0.25) is 4.79 Å². The van der Waals surface area contributed by atoms with Crippen LogP contribution >= 0.6 is 0 Å². The number of aryl methyl sites for hydroxylation is 1. The Morgan fingerprint density at radius 2 is 2.00 bits per heavy atom. The number of rotatable bonds is 4. The molecule has 1 saturated carbocycles. The predicted molar refractivity (Wildman–Crippen MR) is 71.2 cm³/mol. The lowest BCUT2D eigenvalue weighted by atomic mass is 10.00. The van der Waals surface area contributed by atoms with E-state index in [2.05, 4.69) is 41.8 Å². The van der Waals surface area contributed by atoms with E-state index in [0.717, 1.165) is 12.5 Å². The molecule has 1 aliphatic carbocycles. The largest absolute Gasteiger partial charge is 0.354 e. The van der Waals surface area contributed by atoms with Crippen molar-refractivity contribution >= 4 is 5.91 Å². The predicted octanol–water partition coefficient (Wildman–Crippen LogP) is 1.92. The van der Waals surface area contributed by atoms with Gasteiger partial charge in [0.1, 0.15) is 0 Å². The van der Waals surface area contributed by atoms with E-state index in [1.807, 2.05) is 0 Å². The quantitative estimate of drug-likeness (QED) is 0.849. The smallest absolute Gasteiger partial charge is 0.221 e. The number of nitrogens with one attached hydrogen (secondary N) is 2. The van der Waals surface area contributed by atoms with Crippen molar-refractivity contribution in [1.82, 2.24) is 10.6 Å². The summed E-state index contributed by atoms with van der Waals surface area (Å²) in [5.74, 6) is 0.925. The molecule has 0 spiro atoms. The summed E-state index contributed by atoms with van der Waals surface area (Å²) in [5.41, 5.74) is 2.66. The van der Waals surface area contributed by atoms with E-state index in [0.29, 0.717) is 18.5 Å². The molecule has 1 amide bonds. The van der Waals surface area contributed by atoms with E-state index in [1.165, 1.54) is 24.0 Å². The summed E-state index contributed by atoms with van der Waals surface area (Å²) in [6.07, 6.45) is 3.23. The molecule has 1 aliphatic heterocycles. The summed E-state index contributed by atoms with van der Waals surface area (Å²) in [7, 11) is 0. The fourth-order valence-corrected chi connectivity index (χ4v) is 2.68. The summed E-state index contributed by atoms with van der Waals surface area (Å²) in [5, 5.41) is 6.55. The molecule has 1 aromatic rings. The fourth-order valence-electron chi connectivity index (χ4n) is 2.68. The Hall–Kier alpha value is -1.35. The summed E-state index contributed by atoms with van der Waals surface area (Å²) in [4.78, 5) is 11.3. The van der Waals surface area contributed by atoms with Gasteiger partial charge in [-0.1, -0.05) is 29.8 Å². The molecule has 2 aliphatic rings. The molecule has 2 unspecified atom stereocenters. The minimum absolute atomic E-state index is 0.172. The molecule has 3 nitrogen and oxygen atoms in total. The van der Waals surface area contributed by atoms with Crippen LogP contribution in [0.15, 0.2) is 24.3 Å². The lowest BCUT2D eigenvalue weighted by Gasteiger charge is -2.22. The molecule has 1 heterocycles. The van der Waals surface area contributed by atoms with Gasteiger partial charge in [-0.2, -0.15) is 0 Å². The molecule has 18 heavy (non-hydrogen) atoms. The molecule has 2 N–H and O–H groups in total. The Balaban J connectivity index is 1.72. The molecular formula is C15H20N2O. The standard InChI is InChI=1S/C15H20N2O/c1-10-2-4-11(5-3-10)15(12-6-7-12)17-13-8-14(18)16-9-13/h2-5,12-13,15,17H,6-9H2,1H3,(H,16,18). The normalized spacial score (nSPS) is 24.9. The van der Waals surface area contributed by atoms with Gasteiger partial charge in [-0.15, -0.1) is 0 Å². The first kappa shape index (κ1) is 11.7. The van der Waals surface area contributed by atoms with E-state index in [4.69, 9.17) is 0 Å². The van der Waals surface area contributed by atoms with E-state index in [1.54, 1.807) is 0 Å². The lowest BCUT2D eigenvalue weighted by Crippen LogP contribution is -2.35. The second-order valence-corrected chi connectivity index (χ2v) is 5.60. The first-order valence-electron chi connectivity index (χ1n) is 6.81. The van der Waals surface area contributed by atoms with E-state index in [-0.39, 0.29) is 5.91 Å². The van der Waals surface area contributed by atoms with Crippen molar-refractivity contribution in [3.05, 3.63) is 35.4 Å². The molecule has 0 radical (unpaired) electrons. The van der Waals surface area contributed by atoms with Crippen LogP contribution in [-0.2, 0) is 4.79 Å². The second kappa shape index (κ2) is 4.73. The van der Waals surface area contributed by atoms with Crippen molar-refractivity contribution in [1.29, 1.82) is 0 Å². The van der Waals surface area contributed by atoms with Gasteiger partial charge in [-0.25, -0.2) is 0 Å². The third kappa shape index (κ3) is 2.56. The van der Waals surface area contributed by atoms with Crippen molar-refractivity contribution in [3.63, 3.8) is 0 Å². The van der Waals surface area contributed by atoms with Gasteiger partial charge in [0.15, 0.2) is 0 Å². The van der Waals surface area contributed by atoms with Gasteiger partial charge in [0.05, 0.1) is 0 Å². The van der Waals surface area contributed by atoms with Crippen LogP contribution in [0.4, 0.5) is 0 Å². The minimum atomic E-state index is 0.172. The van der Waals surface area contributed by atoms with Crippen LogP contribution in [0.3, 0.4) is 0 Å². The molecular weight excluding hydrogens is 224 g/mol. The van der Waals surface area contributed by atoms with E-state index in [9.17, 15) is 4.79 Å². The van der Waals surface area contributed by atoms with Crippen molar-refractivity contribution in [3.8, 4) is 0 Å². The number of hydrogen-bond acceptors (Lipinski definition) is 2. The van der Waals surface area contributed by atoms with Crippen molar-refractivity contribution in [2.24, 2.45) is 5.92 Å². The zero-order valence-corrected chi connectivity index (χ0v) is 10.8. The van der Waals surface area contributed by atoms with Gasteiger partial charge in [-0.05, 0) is 31.2 Å². The average Bonchev–Trinajstić information content (AvgIpc) is 3.12. The fraction of sp³-hybridized carbons (Fsp3) is 0.533. The van der Waals surface area contributed by atoms with E-state index < -0.39 is 0 Å². The monoisotopic (exact) mass is 244 g/mol. The average molecular weight is 244 g/mol. The highest BCUT2D eigenvalue weighted by molar-refractivity contribution is 5.78. The molecule has 1 saturated heterocycles. The molecule has 1 aromatic carbocycles. The third-order valence-corrected chi connectivity index (χ3v) is 3.92. The molecule has 96 valence electrons. The molecule has 2 atom stereocenters. The molecule has 2 fully saturated rings. The first-order chi connectivity index (χ1) is 8.72. The highest BCUT2D eigenvalue weighted by atomic mass is 16.1. The van der Waals surface area contributed by atoms with Gasteiger partial charge in [0, 0.05) is 25.0 Å². The topological polar surface area (TPSA) is 41.1 Å². The van der Waals surface area contributed by atoms with Crippen molar-refractivity contribution in [2.45, 2.75) is 38.3 Å². The highest BCUT2D eigenvalue weighted by Gasteiger charge is 2.35.